The number of fused-ring (bicyclic) bond motifs is 1. The summed E-state index contributed by atoms with van der Waals surface area (Å²) in [5, 5.41) is 10.0. The Morgan fingerprint density at radius 3 is 2.59 bits per heavy atom. The fourth-order valence-corrected chi connectivity index (χ4v) is 3.90. The molecule has 0 amide bonds. The minimum Gasteiger partial charge on any atom is -0.342 e. The first-order valence-corrected chi connectivity index (χ1v) is 10.8. The summed E-state index contributed by atoms with van der Waals surface area (Å²) in [6, 6.07) is 18.9. The number of pyridine rings is 1. The summed E-state index contributed by atoms with van der Waals surface area (Å²) < 4.78 is 27.9. The lowest BCUT2D eigenvalue weighted by Gasteiger charge is -2.08. The minimum absolute atomic E-state index is 0.511. The van der Waals surface area contributed by atoms with Crippen LogP contribution in [-0.2, 0) is 16.6 Å². The molecule has 0 aliphatic rings. The van der Waals surface area contributed by atoms with E-state index >= 15 is 0 Å². The maximum atomic E-state index is 11.6. The zero-order valence-corrected chi connectivity index (χ0v) is 16.5. The van der Waals surface area contributed by atoms with Crippen LogP contribution in [0.5, 0.6) is 0 Å². The van der Waals surface area contributed by atoms with E-state index in [2.05, 4.69) is 20.3 Å². The molecule has 0 saturated carbocycles. The van der Waals surface area contributed by atoms with Crippen molar-refractivity contribution in [2.45, 2.75) is 6.54 Å². The molecule has 1 N–H and O–H groups in total. The van der Waals surface area contributed by atoms with Gasteiger partial charge in [0.15, 0.2) is 0 Å². The largest absolute Gasteiger partial charge is 0.342 e. The van der Waals surface area contributed by atoms with Gasteiger partial charge >= 0.3 is 0 Å². The molecular weight excluding hydrogens is 384 g/mol. The van der Waals surface area contributed by atoms with Gasteiger partial charge in [0.1, 0.15) is 0 Å². The number of anilines is 1. The molecule has 4 rings (SSSR count). The van der Waals surface area contributed by atoms with Gasteiger partial charge < -0.3 is 4.57 Å². The van der Waals surface area contributed by atoms with Crippen LogP contribution in [0.15, 0.2) is 73.2 Å². The molecule has 0 aliphatic carbocycles. The van der Waals surface area contributed by atoms with E-state index in [1.54, 1.807) is 24.4 Å². The van der Waals surface area contributed by atoms with Crippen molar-refractivity contribution < 1.29 is 8.42 Å². The van der Waals surface area contributed by atoms with Crippen molar-refractivity contribution in [3.8, 4) is 17.2 Å². The van der Waals surface area contributed by atoms with Crippen molar-refractivity contribution in [3.05, 3.63) is 84.3 Å². The number of rotatable bonds is 5. The van der Waals surface area contributed by atoms with E-state index in [0.29, 0.717) is 17.8 Å². The Kier molecular flexibility index (Phi) is 4.79. The van der Waals surface area contributed by atoms with E-state index < -0.39 is 10.0 Å². The molecule has 0 bridgehead atoms. The lowest BCUT2D eigenvalue weighted by molar-refractivity contribution is 0.607. The summed E-state index contributed by atoms with van der Waals surface area (Å²) in [7, 11) is -3.37. The van der Waals surface area contributed by atoms with Gasteiger partial charge in [-0.25, -0.2) is 8.42 Å². The first-order valence-electron chi connectivity index (χ1n) is 8.93. The Balaban J connectivity index is 1.86. The predicted octanol–water partition coefficient (Wildman–Crippen LogP) is 3.99. The summed E-state index contributed by atoms with van der Waals surface area (Å²) >= 11 is 0. The number of hydrogen-bond acceptors (Lipinski definition) is 4. The van der Waals surface area contributed by atoms with Gasteiger partial charge in [-0.3, -0.25) is 9.71 Å². The van der Waals surface area contributed by atoms with Crippen molar-refractivity contribution in [2.75, 3.05) is 11.0 Å². The number of hydrogen-bond donors (Lipinski definition) is 1. The molecule has 2 aromatic heterocycles. The van der Waals surface area contributed by atoms with Gasteiger partial charge in [-0.15, -0.1) is 0 Å². The zero-order valence-electron chi connectivity index (χ0n) is 15.7. The average Bonchev–Trinajstić information content (AvgIpc) is 3.05. The highest BCUT2D eigenvalue weighted by Gasteiger charge is 2.13. The highest BCUT2D eigenvalue weighted by atomic mass is 32.2. The van der Waals surface area contributed by atoms with Crippen LogP contribution >= 0.6 is 0 Å². The average molecular weight is 402 g/mol. The number of benzene rings is 2. The lowest BCUT2D eigenvalue weighted by Crippen LogP contribution is -2.09. The molecule has 0 atom stereocenters. The van der Waals surface area contributed by atoms with Gasteiger partial charge in [0.2, 0.25) is 10.0 Å². The zero-order chi connectivity index (χ0) is 20.4. The Hall–Kier alpha value is -3.63. The van der Waals surface area contributed by atoms with E-state index in [1.165, 1.54) is 0 Å². The van der Waals surface area contributed by atoms with Gasteiger partial charge in [0.05, 0.1) is 29.1 Å². The normalized spacial score (nSPS) is 11.3. The number of aromatic nitrogens is 2. The van der Waals surface area contributed by atoms with Gasteiger partial charge in [-0.1, -0.05) is 24.3 Å². The van der Waals surface area contributed by atoms with Gasteiger partial charge in [-0.2, -0.15) is 5.26 Å². The fraction of sp³-hybridized carbons (Fsp3) is 0.0909. The van der Waals surface area contributed by atoms with Crippen LogP contribution in [0.3, 0.4) is 0 Å². The van der Waals surface area contributed by atoms with Crippen molar-refractivity contribution >= 4 is 26.6 Å². The van der Waals surface area contributed by atoms with Crippen molar-refractivity contribution in [3.63, 3.8) is 0 Å². The SMILES string of the molecule is CS(=O)(=O)Nc1ccc2c(-c3ccc(C#N)cc3)cn(Cc3cccnc3)c2c1. The Bertz CT molecular complexity index is 1320. The van der Waals surface area contributed by atoms with Crippen LogP contribution in [0.25, 0.3) is 22.0 Å². The van der Waals surface area contributed by atoms with E-state index in [-0.39, 0.29) is 0 Å². The summed E-state index contributed by atoms with van der Waals surface area (Å²) in [4.78, 5) is 4.18. The first-order chi connectivity index (χ1) is 13.9. The predicted molar refractivity (Wildman–Crippen MR) is 114 cm³/mol. The van der Waals surface area contributed by atoms with Crippen LogP contribution in [-0.4, -0.2) is 24.2 Å². The Morgan fingerprint density at radius 1 is 1.14 bits per heavy atom. The molecule has 2 heterocycles. The second-order valence-corrected chi connectivity index (χ2v) is 8.58. The molecule has 0 radical (unpaired) electrons. The molecule has 0 saturated heterocycles. The maximum absolute atomic E-state index is 11.6. The maximum Gasteiger partial charge on any atom is 0.229 e. The molecule has 0 aliphatic heterocycles. The fourth-order valence-electron chi connectivity index (χ4n) is 3.34. The molecule has 0 spiro atoms. The van der Waals surface area contributed by atoms with Crippen molar-refractivity contribution in [2.24, 2.45) is 0 Å². The van der Waals surface area contributed by atoms with Gasteiger partial charge in [0.25, 0.3) is 0 Å². The van der Waals surface area contributed by atoms with Crippen LogP contribution in [0.2, 0.25) is 0 Å². The molecule has 0 unspecified atom stereocenters. The summed E-state index contributed by atoms with van der Waals surface area (Å²) in [5.41, 5.74) is 5.06. The molecular formula is C22H18N4O2S. The third kappa shape index (κ3) is 4.13. The minimum atomic E-state index is -3.37. The van der Waals surface area contributed by atoms with E-state index in [4.69, 9.17) is 5.26 Å². The summed E-state index contributed by atoms with van der Waals surface area (Å²) in [5.74, 6) is 0. The summed E-state index contributed by atoms with van der Waals surface area (Å²) in [6.45, 7) is 0.600. The van der Waals surface area contributed by atoms with Gasteiger partial charge in [0, 0.05) is 36.1 Å². The molecule has 7 heteroatoms. The van der Waals surface area contributed by atoms with Crippen molar-refractivity contribution in [1.82, 2.24) is 9.55 Å². The lowest BCUT2D eigenvalue weighted by atomic mass is 10.0. The molecule has 2 aromatic carbocycles. The third-order valence-corrected chi connectivity index (χ3v) is 5.19. The van der Waals surface area contributed by atoms with Crippen LogP contribution in [0.4, 0.5) is 5.69 Å². The number of nitriles is 1. The molecule has 6 nitrogen and oxygen atoms in total. The topological polar surface area (TPSA) is 87.8 Å². The molecule has 144 valence electrons. The standard InChI is InChI=1S/C22H18N4O2S/c1-29(27,28)25-19-8-9-20-21(18-6-4-16(12-23)5-7-18)15-26(22(20)11-19)14-17-3-2-10-24-13-17/h2-11,13,15,25H,14H2,1H3. The van der Waals surface area contributed by atoms with E-state index in [9.17, 15) is 8.42 Å². The Labute approximate surface area is 169 Å². The number of nitrogens with zero attached hydrogens (tertiary/aromatic N) is 3. The third-order valence-electron chi connectivity index (χ3n) is 4.59. The second-order valence-electron chi connectivity index (χ2n) is 6.83. The van der Waals surface area contributed by atoms with E-state index in [1.807, 2.05) is 48.8 Å². The highest BCUT2D eigenvalue weighted by Crippen LogP contribution is 2.33. The monoisotopic (exact) mass is 402 g/mol. The summed E-state index contributed by atoms with van der Waals surface area (Å²) in [6.07, 6.45) is 6.72. The number of nitrogens with one attached hydrogen (secondary N) is 1. The van der Waals surface area contributed by atoms with Crippen LogP contribution in [0, 0.1) is 11.3 Å². The van der Waals surface area contributed by atoms with Crippen LogP contribution in [0.1, 0.15) is 11.1 Å². The second kappa shape index (κ2) is 7.41. The van der Waals surface area contributed by atoms with Crippen molar-refractivity contribution in [1.29, 1.82) is 5.26 Å². The van der Waals surface area contributed by atoms with Crippen LogP contribution < -0.4 is 4.72 Å². The first kappa shape index (κ1) is 18.7. The molecule has 29 heavy (non-hydrogen) atoms. The van der Waals surface area contributed by atoms with E-state index in [0.717, 1.165) is 33.8 Å². The highest BCUT2D eigenvalue weighted by molar-refractivity contribution is 7.92. The smallest absolute Gasteiger partial charge is 0.229 e. The van der Waals surface area contributed by atoms with Gasteiger partial charge in [-0.05, 0) is 41.5 Å². The number of sulfonamides is 1. The Morgan fingerprint density at radius 2 is 1.93 bits per heavy atom. The quantitative estimate of drug-likeness (QED) is 0.547. The molecule has 4 aromatic rings. The molecule has 0 fully saturated rings.